The Morgan fingerprint density at radius 1 is 0.950 bits per heavy atom. The number of methoxy groups -OCH3 is 1. The van der Waals surface area contributed by atoms with Crippen molar-refractivity contribution < 1.29 is 19.7 Å². The van der Waals surface area contributed by atoms with Gasteiger partial charge in [0.05, 0.1) is 12.7 Å². The van der Waals surface area contributed by atoms with E-state index in [-0.39, 0.29) is 17.5 Å². The van der Waals surface area contributed by atoms with Crippen LogP contribution in [0.15, 0.2) is 42.5 Å². The van der Waals surface area contributed by atoms with Crippen LogP contribution >= 0.6 is 0 Å². The number of aromatic hydroxyl groups is 2. The molecule has 2 rings (SSSR count). The fourth-order valence-electron chi connectivity index (χ4n) is 1.68. The molecule has 0 aliphatic heterocycles. The summed E-state index contributed by atoms with van der Waals surface area (Å²) in [6, 6.07) is 11.5. The number of hydrogen-bond donors (Lipinski definition) is 2. The van der Waals surface area contributed by atoms with Crippen molar-refractivity contribution in [3.05, 3.63) is 59.2 Å². The number of benzene rings is 2. The van der Waals surface area contributed by atoms with Crippen molar-refractivity contribution >= 4 is 18.1 Å². The van der Waals surface area contributed by atoms with E-state index in [1.165, 1.54) is 19.2 Å². The van der Waals surface area contributed by atoms with E-state index in [0.717, 1.165) is 11.1 Å². The minimum absolute atomic E-state index is 0.149. The molecule has 0 aromatic heterocycles. The van der Waals surface area contributed by atoms with Gasteiger partial charge in [0.25, 0.3) is 0 Å². The highest BCUT2D eigenvalue weighted by Gasteiger charge is 2.03. The molecule has 4 nitrogen and oxygen atoms in total. The number of phenols is 2. The third kappa shape index (κ3) is 3.17. The van der Waals surface area contributed by atoms with Gasteiger partial charge in [-0.3, -0.25) is 0 Å². The van der Waals surface area contributed by atoms with Crippen LogP contribution in [0.2, 0.25) is 0 Å². The summed E-state index contributed by atoms with van der Waals surface area (Å²) in [4.78, 5) is 11.3. The summed E-state index contributed by atoms with van der Waals surface area (Å²) in [5, 5.41) is 18.6. The van der Waals surface area contributed by atoms with Crippen LogP contribution in [-0.4, -0.2) is 23.3 Å². The summed E-state index contributed by atoms with van der Waals surface area (Å²) in [6.07, 6.45) is 3.64. The highest BCUT2D eigenvalue weighted by molar-refractivity contribution is 5.89. The molecule has 4 heteroatoms. The maximum Gasteiger partial charge on any atom is 0.337 e. The van der Waals surface area contributed by atoms with Crippen molar-refractivity contribution in [2.24, 2.45) is 0 Å². The second kappa shape index (κ2) is 5.93. The van der Waals surface area contributed by atoms with Crippen LogP contribution in [0.5, 0.6) is 11.5 Å². The van der Waals surface area contributed by atoms with E-state index in [0.29, 0.717) is 5.56 Å². The fourth-order valence-corrected chi connectivity index (χ4v) is 1.68. The zero-order valence-electron chi connectivity index (χ0n) is 10.9. The quantitative estimate of drug-likeness (QED) is 0.511. The molecule has 0 unspecified atom stereocenters. The highest BCUT2D eigenvalue weighted by atomic mass is 16.5. The van der Waals surface area contributed by atoms with E-state index in [4.69, 9.17) is 0 Å². The molecule has 20 heavy (non-hydrogen) atoms. The summed E-state index contributed by atoms with van der Waals surface area (Å²) in [5.74, 6) is -0.679. The first-order chi connectivity index (χ1) is 9.60. The van der Waals surface area contributed by atoms with Crippen LogP contribution in [0.1, 0.15) is 21.5 Å². The summed E-state index contributed by atoms with van der Waals surface area (Å²) in [6.45, 7) is 0. The Morgan fingerprint density at radius 3 is 2.15 bits per heavy atom. The molecule has 0 atom stereocenters. The minimum Gasteiger partial charge on any atom is -0.504 e. The first-order valence-electron chi connectivity index (χ1n) is 5.98. The van der Waals surface area contributed by atoms with Crippen LogP contribution in [0.3, 0.4) is 0 Å². The number of ether oxygens (including phenoxy) is 1. The molecule has 0 bridgehead atoms. The SMILES string of the molecule is COC(=O)c1ccc(/C=C/c2ccc(O)c(O)c2)cc1. The molecule has 0 heterocycles. The maximum absolute atomic E-state index is 11.3. The first kappa shape index (κ1) is 13.7. The lowest BCUT2D eigenvalue weighted by Crippen LogP contribution is -2.00. The van der Waals surface area contributed by atoms with Gasteiger partial charge in [0.15, 0.2) is 11.5 Å². The monoisotopic (exact) mass is 270 g/mol. The first-order valence-corrected chi connectivity index (χ1v) is 5.98. The molecular formula is C16H14O4. The number of hydrogen-bond acceptors (Lipinski definition) is 4. The molecule has 0 aliphatic carbocycles. The van der Waals surface area contributed by atoms with Gasteiger partial charge in [0, 0.05) is 0 Å². The summed E-state index contributed by atoms with van der Waals surface area (Å²) >= 11 is 0. The van der Waals surface area contributed by atoms with Crippen LogP contribution in [0, 0.1) is 0 Å². The number of carbonyl (C=O) groups excluding carboxylic acids is 1. The van der Waals surface area contributed by atoms with Crippen LogP contribution in [0.4, 0.5) is 0 Å². The Kier molecular flexibility index (Phi) is 4.05. The van der Waals surface area contributed by atoms with E-state index in [9.17, 15) is 15.0 Å². The van der Waals surface area contributed by atoms with Crippen LogP contribution in [-0.2, 0) is 4.74 Å². The van der Waals surface area contributed by atoms with Crippen molar-refractivity contribution in [1.82, 2.24) is 0 Å². The second-order valence-electron chi connectivity index (χ2n) is 4.20. The lowest BCUT2D eigenvalue weighted by atomic mass is 10.1. The molecule has 2 aromatic carbocycles. The zero-order chi connectivity index (χ0) is 14.5. The van der Waals surface area contributed by atoms with Gasteiger partial charge in [-0.1, -0.05) is 30.4 Å². The second-order valence-corrected chi connectivity index (χ2v) is 4.20. The number of rotatable bonds is 3. The Hall–Kier alpha value is -2.75. The lowest BCUT2D eigenvalue weighted by molar-refractivity contribution is 0.0600. The average molecular weight is 270 g/mol. The summed E-state index contributed by atoms with van der Waals surface area (Å²) < 4.78 is 4.62. The Bertz CT molecular complexity index is 642. The number of esters is 1. The summed E-state index contributed by atoms with van der Waals surface area (Å²) in [5.41, 5.74) is 2.16. The third-order valence-corrected chi connectivity index (χ3v) is 2.80. The molecule has 0 saturated carbocycles. The lowest BCUT2D eigenvalue weighted by Gasteiger charge is -2.00. The number of carbonyl (C=O) groups is 1. The molecule has 0 saturated heterocycles. The van der Waals surface area contributed by atoms with Crippen LogP contribution < -0.4 is 0 Å². The molecular weight excluding hydrogens is 256 g/mol. The van der Waals surface area contributed by atoms with E-state index < -0.39 is 0 Å². The molecule has 0 aliphatic rings. The molecule has 0 spiro atoms. The van der Waals surface area contributed by atoms with Gasteiger partial charge in [-0.2, -0.15) is 0 Å². The maximum atomic E-state index is 11.3. The standard InChI is InChI=1S/C16H14O4/c1-20-16(19)13-7-4-11(5-8-13)2-3-12-6-9-14(17)15(18)10-12/h2-10,17-18H,1H3/b3-2+. The molecule has 2 aromatic rings. The fraction of sp³-hybridized carbons (Fsp3) is 0.0625. The summed E-state index contributed by atoms with van der Waals surface area (Å²) in [7, 11) is 1.34. The van der Waals surface area contributed by atoms with Gasteiger partial charge in [-0.05, 0) is 35.4 Å². The topological polar surface area (TPSA) is 66.8 Å². The largest absolute Gasteiger partial charge is 0.504 e. The predicted molar refractivity (Wildman–Crippen MR) is 76.5 cm³/mol. The van der Waals surface area contributed by atoms with Gasteiger partial charge in [0.2, 0.25) is 0 Å². The van der Waals surface area contributed by atoms with E-state index >= 15 is 0 Å². The molecule has 0 fully saturated rings. The van der Waals surface area contributed by atoms with E-state index in [1.54, 1.807) is 36.4 Å². The minimum atomic E-state index is -0.371. The Balaban J connectivity index is 2.15. The van der Waals surface area contributed by atoms with E-state index in [1.807, 2.05) is 6.08 Å². The van der Waals surface area contributed by atoms with Crippen molar-refractivity contribution in [2.45, 2.75) is 0 Å². The molecule has 102 valence electrons. The van der Waals surface area contributed by atoms with Crippen molar-refractivity contribution in [1.29, 1.82) is 0 Å². The average Bonchev–Trinajstić information content (AvgIpc) is 2.48. The molecule has 0 radical (unpaired) electrons. The van der Waals surface area contributed by atoms with E-state index in [2.05, 4.69) is 4.74 Å². The Morgan fingerprint density at radius 2 is 1.55 bits per heavy atom. The smallest absolute Gasteiger partial charge is 0.337 e. The highest BCUT2D eigenvalue weighted by Crippen LogP contribution is 2.25. The van der Waals surface area contributed by atoms with Gasteiger partial charge in [-0.15, -0.1) is 0 Å². The third-order valence-electron chi connectivity index (χ3n) is 2.80. The molecule has 0 amide bonds. The van der Waals surface area contributed by atoms with Gasteiger partial charge in [-0.25, -0.2) is 4.79 Å². The van der Waals surface area contributed by atoms with Crippen molar-refractivity contribution in [3.63, 3.8) is 0 Å². The van der Waals surface area contributed by atoms with Crippen molar-refractivity contribution in [3.8, 4) is 11.5 Å². The predicted octanol–water partition coefficient (Wildman–Crippen LogP) is 3.05. The van der Waals surface area contributed by atoms with Gasteiger partial charge >= 0.3 is 5.97 Å². The van der Waals surface area contributed by atoms with Crippen LogP contribution in [0.25, 0.3) is 12.2 Å². The zero-order valence-corrected chi connectivity index (χ0v) is 10.9. The van der Waals surface area contributed by atoms with Gasteiger partial charge in [0.1, 0.15) is 0 Å². The van der Waals surface area contributed by atoms with Gasteiger partial charge < -0.3 is 14.9 Å². The molecule has 2 N–H and O–H groups in total. The number of phenolic OH excluding ortho intramolecular Hbond substituents is 2. The normalized spacial score (nSPS) is 10.7. The Labute approximate surface area is 116 Å². The van der Waals surface area contributed by atoms with Crippen molar-refractivity contribution in [2.75, 3.05) is 7.11 Å².